The Bertz CT molecular complexity index is 919. The predicted molar refractivity (Wildman–Crippen MR) is 84.9 cm³/mol. The van der Waals surface area contributed by atoms with Crippen molar-refractivity contribution in [1.82, 2.24) is 10.3 Å². The Morgan fingerprint density at radius 2 is 2.09 bits per heavy atom. The van der Waals surface area contributed by atoms with Crippen LogP contribution in [0.25, 0.3) is 10.9 Å². The van der Waals surface area contributed by atoms with Crippen LogP contribution in [0, 0.1) is 15.9 Å². The minimum atomic E-state index is -0.395. The fourth-order valence-corrected chi connectivity index (χ4v) is 3.30. The molecule has 1 aliphatic heterocycles. The summed E-state index contributed by atoms with van der Waals surface area (Å²) >= 11 is 0. The summed E-state index contributed by atoms with van der Waals surface area (Å²) in [5.41, 5.74) is 3.81. The van der Waals surface area contributed by atoms with Gasteiger partial charge in [-0.15, -0.1) is 0 Å². The van der Waals surface area contributed by atoms with E-state index in [2.05, 4.69) is 10.3 Å². The minimum Gasteiger partial charge on any atom is -0.357 e. The van der Waals surface area contributed by atoms with Gasteiger partial charge in [-0.25, -0.2) is 4.39 Å². The fourth-order valence-electron chi connectivity index (χ4n) is 3.30. The Kier molecular flexibility index (Phi) is 3.12. The van der Waals surface area contributed by atoms with Crippen LogP contribution in [-0.2, 0) is 6.42 Å². The van der Waals surface area contributed by atoms with Crippen LogP contribution in [0.3, 0.4) is 0 Å². The third kappa shape index (κ3) is 2.27. The number of nitrogens with zero attached hydrogens (tertiary/aromatic N) is 1. The minimum absolute atomic E-state index is 0.0681. The van der Waals surface area contributed by atoms with E-state index in [1.54, 1.807) is 24.3 Å². The summed E-state index contributed by atoms with van der Waals surface area (Å²) in [6, 6.07) is 11.2. The summed E-state index contributed by atoms with van der Waals surface area (Å²) in [6.07, 6.45) is 0.796. The van der Waals surface area contributed by atoms with Gasteiger partial charge in [0.25, 0.3) is 5.69 Å². The molecule has 2 heterocycles. The smallest absolute Gasteiger partial charge is 0.269 e. The second-order valence-electron chi connectivity index (χ2n) is 5.70. The molecule has 3 aromatic rings. The number of aromatic nitrogens is 1. The number of hydrogen-bond acceptors (Lipinski definition) is 3. The van der Waals surface area contributed by atoms with Crippen LogP contribution >= 0.6 is 0 Å². The largest absolute Gasteiger partial charge is 0.357 e. The molecule has 1 atom stereocenters. The van der Waals surface area contributed by atoms with Gasteiger partial charge < -0.3 is 10.3 Å². The highest BCUT2D eigenvalue weighted by Gasteiger charge is 2.26. The molecule has 0 spiro atoms. The van der Waals surface area contributed by atoms with Crippen LogP contribution in [0.5, 0.6) is 0 Å². The summed E-state index contributed by atoms with van der Waals surface area (Å²) in [6.45, 7) is 0.740. The van der Waals surface area contributed by atoms with Crippen LogP contribution in [-0.4, -0.2) is 16.5 Å². The zero-order chi connectivity index (χ0) is 16.0. The maximum absolute atomic E-state index is 13.5. The first-order chi connectivity index (χ1) is 11.1. The highest BCUT2D eigenvalue weighted by atomic mass is 19.1. The van der Waals surface area contributed by atoms with Gasteiger partial charge >= 0.3 is 0 Å². The summed E-state index contributed by atoms with van der Waals surface area (Å²) in [5.74, 6) is -0.260. The van der Waals surface area contributed by atoms with Gasteiger partial charge in [0.15, 0.2) is 0 Å². The Balaban J connectivity index is 1.86. The van der Waals surface area contributed by atoms with Crippen molar-refractivity contribution < 1.29 is 9.31 Å². The van der Waals surface area contributed by atoms with E-state index in [0.29, 0.717) is 0 Å². The molecule has 1 aliphatic rings. The van der Waals surface area contributed by atoms with Crippen LogP contribution in [0.1, 0.15) is 22.9 Å². The molecule has 4 rings (SSSR count). The third-order valence-electron chi connectivity index (χ3n) is 4.33. The van der Waals surface area contributed by atoms with Gasteiger partial charge in [-0.1, -0.05) is 12.1 Å². The van der Waals surface area contributed by atoms with Gasteiger partial charge in [-0.2, -0.15) is 0 Å². The molecule has 0 radical (unpaired) electrons. The molecule has 2 aromatic carbocycles. The van der Waals surface area contributed by atoms with Crippen LogP contribution in [0.2, 0.25) is 0 Å². The normalized spacial score (nSPS) is 17.2. The lowest BCUT2D eigenvalue weighted by Gasteiger charge is -2.24. The molecule has 0 bridgehead atoms. The first-order valence-corrected chi connectivity index (χ1v) is 7.41. The van der Waals surface area contributed by atoms with Crippen molar-refractivity contribution in [2.24, 2.45) is 0 Å². The summed E-state index contributed by atoms with van der Waals surface area (Å²) in [7, 11) is 0. The zero-order valence-corrected chi connectivity index (χ0v) is 12.2. The first kappa shape index (κ1) is 13.9. The lowest BCUT2D eigenvalue weighted by Crippen LogP contribution is -2.30. The number of rotatable bonds is 2. The van der Waals surface area contributed by atoms with E-state index in [-0.39, 0.29) is 17.5 Å². The van der Waals surface area contributed by atoms with E-state index in [1.165, 1.54) is 12.1 Å². The molecule has 0 saturated carbocycles. The molecular weight excluding hydrogens is 297 g/mol. The highest BCUT2D eigenvalue weighted by molar-refractivity contribution is 5.85. The average molecular weight is 311 g/mol. The lowest BCUT2D eigenvalue weighted by molar-refractivity contribution is -0.384. The van der Waals surface area contributed by atoms with Crippen molar-refractivity contribution in [2.45, 2.75) is 12.5 Å². The SMILES string of the molecule is O=[N+]([O-])c1cccc(C2NCCc3c2[nH]c2ccc(F)cc32)c1. The average Bonchev–Trinajstić information content (AvgIpc) is 2.93. The van der Waals surface area contributed by atoms with Gasteiger partial charge in [-0.05, 0) is 35.7 Å². The van der Waals surface area contributed by atoms with Crippen molar-refractivity contribution in [3.8, 4) is 0 Å². The molecule has 5 nitrogen and oxygen atoms in total. The maximum Gasteiger partial charge on any atom is 0.269 e. The lowest BCUT2D eigenvalue weighted by atomic mass is 9.94. The molecular formula is C17H14FN3O2. The molecule has 6 heteroatoms. The molecule has 0 amide bonds. The van der Waals surface area contributed by atoms with E-state index >= 15 is 0 Å². The summed E-state index contributed by atoms with van der Waals surface area (Å²) in [5, 5.41) is 15.3. The van der Waals surface area contributed by atoms with Gasteiger partial charge in [0.2, 0.25) is 0 Å². The van der Waals surface area contributed by atoms with Crippen molar-refractivity contribution in [3.63, 3.8) is 0 Å². The number of benzene rings is 2. The first-order valence-electron chi connectivity index (χ1n) is 7.41. The Morgan fingerprint density at radius 1 is 1.22 bits per heavy atom. The van der Waals surface area contributed by atoms with Gasteiger partial charge in [0.1, 0.15) is 5.82 Å². The van der Waals surface area contributed by atoms with E-state index in [1.807, 2.05) is 6.07 Å². The molecule has 116 valence electrons. The highest BCUT2D eigenvalue weighted by Crippen LogP contribution is 2.34. The number of nitro groups is 1. The Labute approximate surface area is 131 Å². The molecule has 0 aliphatic carbocycles. The van der Waals surface area contributed by atoms with E-state index in [0.717, 1.165) is 40.7 Å². The zero-order valence-electron chi connectivity index (χ0n) is 12.2. The predicted octanol–water partition coefficient (Wildman–Crippen LogP) is 3.45. The Hall–Kier alpha value is -2.73. The van der Waals surface area contributed by atoms with Gasteiger partial charge in [0.05, 0.1) is 11.0 Å². The molecule has 1 aromatic heterocycles. The quantitative estimate of drug-likeness (QED) is 0.562. The molecule has 1 unspecified atom stereocenters. The number of halogens is 1. The van der Waals surface area contributed by atoms with E-state index < -0.39 is 4.92 Å². The number of fused-ring (bicyclic) bond motifs is 3. The third-order valence-corrected chi connectivity index (χ3v) is 4.33. The van der Waals surface area contributed by atoms with E-state index in [9.17, 15) is 14.5 Å². The molecule has 0 saturated heterocycles. The van der Waals surface area contributed by atoms with Gasteiger partial charge in [0, 0.05) is 35.3 Å². The van der Waals surface area contributed by atoms with Crippen molar-refractivity contribution >= 4 is 16.6 Å². The monoisotopic (exact) mass is 311 g/mol. The second-order valence-corrected chi connectivity index (χ2v) is 5.70. The standard InChI is InChI=1S/C17H14FN3O2/c18-11-4-5-15-14(9-11)13-6-7-19-16(17(13)20-15)10-2-1-3-12(8-10)21(22)23/h1-5,8-9,16,19-20H,6-7H2. The number of H-pyrrole nitrogens is 1. The summed E-state index contributed by atoms with van der Waals surface area (Å²) < 4.78 is 13.5. The number of nitrogens with one attached hydrogen (secondary N) is 2. The summed E-state index contributed by atoms with van der Waals surface area (Å²) in [4.78, 5) is 13.9. The number of hydrogen-bond donors (Lipinski definition) is 2. The molecule has 2 N–H and O–H groups in total. The van der Waals surface area contributed by atoms with Crippen molar-refractivity contribution in [2.75, 3.05) is 6.54 Å². The van der Waals surface area contributed by atoms with Crippen LogP contribution in [0.4, 0.5) is 10.1 Å². The second kappa shape index (κ2) is 5.17. The van der Waals surface area contributed by atoms with Gasteiger partial charge in [-0.3, -0.25) is 10.1 Å². The van der Waals surface area contributed by atoms with Crippen molar-refractivity contribution in [3.05, 3.63) is 75.2 Å². The number of nitro benzene ring substituents is 1. The van der Waals surface area contributed by atoms with Crippen LogP contribution in [0.15, 0.2) is 42.5 Å². The maximum atomic E-state index is 13.5. The number of aromatic amines is 1. The molecule has 0 fully saturated rings. The van der Waals surface area contributed by atoms with Crippen LogP contribution < -0.4 is 5.32 Å². The fraction of sp³-hybridized carbons (Fsp3) is 0.176. The molecule has 23 heavy (non-hydrogen) atoms. The Morgan fingerprint density at radius 3 is 2.91 bits per heavy atom. The van der Waals surface area contributed by atoms with E-state index in [4.69, 9.17) is 0 Å². The number of non-ortho nitro benzene ring substituents is 1. The van der Waals surface area contributed by atoms with Crippen molar-refractivity contribution in [1.29, 1.82) is 0 Å². The topological polar surface area (TPSA) is 71.0 Å².